The van der Waals surface area contributed by atoms with E-state index in [1.165, 1.54) is 16.9 Å². The lowest BCUT2D eigenvalue weighted by Crippen LogP contribution is -2.29. The van der Waals surface area contributed by atoms with Crippen molar-refractivity contribution in [2.24, 2.45) is 0 Å². The van der Waals surface area contributed by atoms with Gasteiger partial charge in [-0.15, -0.1) is 0 Å². The van der Waals surface area contributed by atoms with Gasteiger partial charge in [0.2, 0.25) is 0 Å². The molecule has 0 aliphatic carbocycles. The lowest BCUT2D eigenvalue weighted by molar-refractivity contribution is 0.209. The predicted octanol–water partition coefficient (Wildman–Crippen LogP) is 3.40. The summed E-state index contributed by atoms with van der Waals surface area (Å²) in [6, 6.07) is 17.2. The summed E-state index contributed by atoms with van der Waals surface area (Å²) in [5.74, 6) is 1.13. The monoisotopic (exact) mass is 296 g/mol. The van der Waals surface area contributed by atoms with Gasteiger partial charge in [0.05, 0.1) is 0 Å². The molecule has 4 nitrogen and oxygen atoms in total. The number of carbonyl (C=O) groups is 1. The van der Waals surface area contributed by atoms with Crippen LogP contribution in [0.2, 0.25) is 0 Å². The number of hydrogen-bond acceptors (Lipinski definition) is 3. The van der Waals surface area contributed by atoms with Crippen LogP contribution in [0, 0.1) is 0 Å². The number of amides is 1. The molecule has 0 spiro atoms. The Morgan fingerprint density at radius 3 is 2.50 bits per heavy atom. The Morgan fingerprint density at radius 2 is 1.86 bits per heavy atom. The molecule has 0 radical (unpaired) electrons. The molecular weight excluding hydrogens is 276 g/mol. The van der Waals surface area contributed by atoms with E-state index in [9.17, 15) is 4.79 Å². The minimum absolute atomic E-state index is 0.388. The molecule has 2 aromatic rings. The van der Waals surface area contributed by atoms with Gasteiger partial charge in [-0.1, -0.05) is 30.3 Å². The van der Waals surface area contributed by atoms with Gasteiger partial charge in [0, 0.05) is 19.3 Å². The van der Waals surface area contributed by atoms with E-state index >= 15 is 0 Å². The third-order valence-electron chi connectivity index (χ3n) is 4.03. The zero-order valence-corrected chi connectivity index (χ0v) is 12.7. The number of rotatable bonds is 3. The van der Waals surface area contributed by atoms with E-state index in [4.69, 9.17) is 4.74 Å². The molecule has 1 N–H and O–H groups in total. The molecule has 2 aromatic carbocycles. The molecule has 3 rings (SSSR count). The lowest BCUT2D eigenvalue weighted by atomic mass is 9.98. The fraction of sp³-hybridized carbons (Fsp3) is 0.278. The number of hydrogen-bond donors (Lipinski definition) is 1. The molecule has 1 fully saturated rings. The molecule has 22 heavy (non-hydrogen) atoms. The Morgan fingerprint density at radius 1 is 1.14 bits per heavy atom. The Balaban J connectivity index is 1.66. The molecule has 1 amide bonds. The van der Waals surface area contributed by atoms with Crippen LogP contribution in [-0.2, 0) is 0 Å². The van der Waals surface area contributed by atoms with Crippen LogP contribution < -0.4 is 15.0 Å². The van der Waals surface area contributed by atoms with Crippen molar-refractivity contribution in [3.05, 3.63) is 60.2 Å². The second-order valence-electron chi connectivity index (χ2n) is 5.52. The van der Waals surface area contributed by atoms with Gasteiger partial charge in [-0.05, 0) is 48.7 Å². The van der Waals surface area contributed by atoms with Gasteiger partial charge in [0.1, 0.15) is 5.75 Å². The molecule has 1 atom stereocenters. The van der Waals surface area contributed by atoms with E-state index in [1.807, 2.05) is 30.3 Å². The smallest absolute Gasteiger partial charge is 0.410 e. The molecule has 1 saturated heterocycles. The number of nitrogens with one attached hydrogen (secondary N) is 1. The molecular formula is C18H20N2O2. The largest absolute Gasteiger partial charge is 0.419 e. The van der Waals surface area contributed by atoms with E-state index in [-0.39, 0.29) is 6.09 Å². The molecule has 114 valence electrons. The Kier molecular flexibility index (Phi) is 4.39. The third kappa shape index (κ3) is 3.28. The van der Waals surface area contributed by atoms with Crippen LogP contribution in [0.25, 0.3) is 0 Å². The summed E-state index contributed by atoms with van der Waals surface area (Å²) >= 11 is 0. The average Bonchev–Trinajstić information content (AvgIpc) is 3.10. The van der Waals surface area contributed by atoms with Crippen LogP contribution in [0.5, 0.6) is 5.75 Å². The average molecular weight is 296 g/mol. The van der Waals surface area contributed by atoms with Gasteiger partial charge in [-0.25, -0.2) is 4.79 Å². The van der Waals surface area contributed by atoms with Crippen molar-refractivity contribution in [3.63, 3.8) is 0 Å². The fourth-order valence-corrected chi connectivity index (χ4v) is 2.67. The van der Waals surface area contributed by atoms with E-state index < -0.39 is 0 Å². The lowest BCUT2D eigenvalue weighted by Gasteiger charge is -2.18. The Bertz CT molecular complexity index is 619. The fourth-order valence-electron chi connectivity index (χ4n) is 2.67. The van der Waals surface area contributed by atoms with Crippen molar-refractivity contribution in [1.29, 1.82) is 0 Å². The maximum Gasteiger partial charge on any atom is 0.419 e. The highest BCUT2D eigenvalue weighted by atomic mass is 16.6. The zero-order chi connectivity index (χ0) is 15.4. The molecule has 1 aliphatic heterocycles. The van der Waals surface area contributed by atoms with Crippen LogP contribution >= 0.6 is 0 Å². The van der Waals surface area contributed by atoms with Crippen LogP contribution in [0.1, 0.15) is 17.9 Å². The maximum atomic E-state index is 12.1. The van der Waals surface area contributed by atoms with Crippen LogP contribution in [0.4, 0.5) is 10.5 Å². The predicted molar refractivity (Wildman–Crippen MR) is 87.5 cm³/mol. The first-order valence-electron chi connectivity index (χ1n) is 7.55. The first kappa shape index (κ1) is 14.6. The molecule has 1 unspecified atom stereocenters. The molecule has 1 heterocycles. The van der Waals surface area contributed by atoms with E-state index in [0.29, 0.717) is 11.7 Å². The highest BCUT2D eigenvalue weighted by Crippen LogP contribution is 2.25. The van der Waals surface area contributed by atoms with Gasteiger partial charge < -0.3 is 10.1 Å². The number of carbonyl (C=O) groups excluding carboxylic acids is 1. The SMILES string of the molecule is CN(C(=O)Oc1ccccc1)c1ccc(C2CCNC2)cc1. The van der Waals surface area contributed by atoms with Crippen molar-refractivity contribution in [3.8, 4) is 5.75 Å². The summed E-state index contributed by atoms with van der Waals surface area (Å²) in [4.78, 5) is 13.7. The van der Waals surface area contributed by atoms with Crippen molar-refractivity contribution in [1.82, 2.24) is 5.32 Å². The molecule has 4 heteroatoms. The topological polar surface area (TPSA) is 41.6 Å². The maximum absolute atomic E-state index is 12.1. The van der Waals surface area contributed by atoms with Crippen LogP contribution in [0.3, 0.4) is 0 Å². The molecule has 0 aromatic heterocycles. The normalized spacial score (nSPS) is 17.2. The van der Waals surface area contributed by atoms with Gasteiger partial charge >= 0.3 is 6.09 Å². The quantitative estimate of drug-likeness (QED) is 0.944. The number of ether oxygens (including phenoxy) is 1. The first-order valence-corrected chi connectivity index (χ1v) is 7.55. The summed E-state index contributed by atoms with van der Waals surface area (Å²) in [6.07, 6.45) is 0.784. The van der Waals surface area contributed by atoms with Crippen LogP contribution in [0.15, 0.2) is 54.6 Å². The van der Waals surface area contributed by atoms with Crippen molar-refractivity contribution in [2.75, 3.05) is 25.0 Å². The number of nitrogens with zero attached hydrogens (tertiary/aromatic N) is 1. The minimum atomic E-state index is -0.388. The van der Waals surface area contributed by atoms with Crippen molar-refractivity contribution >= 4 is 11.8 Å². The van der Waals surface area contributed by atoms with Crippen molar-refractivity contribution < 1.29 is 9.53 Å². The highest BCUT2D eigenvalue weighted by Gasteiger charge is 2.18. The van der Waals surface area contributed by atoms with E-state index in [0.717, 1.165) is 18.8 Å². The summed E-state index contributed by atoms with van der Waals surface area (Å²) < 4.78 is 5.34. The Hall–Kier alpha value is -2.33. The number of benzene rings is 2. The molecule has 0 bridgehead atoms. The first-order chi connectivity index (χ1) is 10.7. The summed E-state index contributed by atoms with van der Waals surface area (Å²) in [7, 11) is 1.72. The minimum Gasteiger partial charge on any atom is -0.410 e. The standard InChI is InChI=1S/C18H20N2O2/c1-20(18(21)22-17-5-3-2-4-6-17)16-9-7-14(8-10-16)15-11-12-19-13-15/h2-10,15,19H,11-13H2,1H3. The summed E-state index contributed by atoms with van der Waals surface area (Å²) in [6.45, 7) is 2.11. The van der Waals surface area contributed by atoms with Crippen LogP contribution in [-0.4, -0.2) is 26.2 Å². The second-order valence-corrected chi connectivity index (χ2v) is 5.52. The van der Waals surface area contributed by atoms with E-state index in [1.54, 1.807) is 19.2 Å². The van der Waals surface area contributed by atoms with Gasteiger partial charge in [0.15, 0.2) is 0 Å². The highest BCUT2D eigenvalue weighted by molar-refractivity contribution is 5.88. The Labute approximate surface area is 130 Å². The van der Waals surface area contributed by atoms with E-state index in [2.05, 4.69) is 17.4 Å². The third-order valence-corrected chi connectivity index (χ3v) is 4.03. The summed E-state index contributed by atoms with van der Waals surface area (Å²) in [5.41, 5.74) is 2.15. The van der Waals surface area contributed by atoms with Gasteiger partial charge in [-0.2, -0.15) is 0 Å². The second kappa shape index (κ2) is 6.62. The summed E-state index contributed by atoms with van der Waals surface area (Å²) in [5, 5.41) is 3.37. The molecule has 0 saturated carbocycles. The van der Waals surface area contributed by atoms with Gasteiger partial charge in [0.25, 0.3) is 0 Å². The van der Waals surface area contributed by atoms with Crippen molar-refractivity contribution in [2.45, 2.75) is 12.3 Å². The number of anilines is 1. The number of para-hydroxylation sites is 1. The zero-order valence-electron chi connectivity index (χ0n) is 12.7. The van der Waals surface area contributed by atoms with Gasteiger partial charge in [-0.3, -0.25) is 4.90 Å². The molecule has 1 aliphatic rings.